The highest BCUT2D eigenvalue weighted by atomic mass is 35.5. The highest BCUT2D eigenvalue weighted by Gasteiger charge is 2.20. The van der Waals surface area contributed by atoms with E-state index in [4.69, 9.17) is 16.3 Å². The fraction of sp³-hybridized carbons (Fsp3) is 0.263. The van der Waals surface area contributed by atoms with Crippen LogP contribution in [0.3, 0.4) is 0 Å². The zero-order valence-corrected chi connectivity index (χ0v) is 14.9. The molecule has 0 heterocycles. The topological polar surface area (TPSA) is 55.4 Å². The number of hydrogen-bond acceptors (Lipinski definition) is 3. The smallest absolute Gasteiger partial charge is 0.338 e. The van der Waals surface area contributed by atoms with Crippen molar-refractivity contribution >= 4 is 29.2 Å². The van der Waals surface area contributed by atoms with E-state index < -0.39 is 23.8 Å². The van der Waals surface area contributed by atoms with E-state index in [2.05, 4.69) is 19.2 Å². The first kappa shape index (κ1) is 18.9. The lowest BCUT2D eigenvalue weighted by molar-refractivity contribution is -0.123. The minimum Gasteiger partial charge on any atom is -0.449 e. The Morgan fingerprint density at radius 2 is 1.72 bits per heavy atom. The molecular formula is C19H19ClFNO3. The first-order valence-corrected chi connectivity index (χ1v) is 8.22. The summed E-state index contributed by atoms with van der Waals surface area (Å²) in [6.45, 7) is 5.56. The van der Waals surface area contributed by atoms with Crippen molar-refractivity contribution in [1.29, 1.82) is 0 Å². The van der Waals surface area contributed by atoms with Crippen LogP contribution in [0.15, 0.2) is 42.5 Å². The van der Waals surface area contributed by atoms with Crippen molar-refractivity contribution in [1.82, 2.24) is 0 Å². The van der Waals surface area contributed by atoms with E-state index in [0.717, 1.165) is 11.6 Å². The zero-order valence-electron chi connectivity index (χ0n) is 14.2. The van der Waals surface area contributed by atoms with Crippen LogP contribution in [0.4, 0.5) is 10.1 Å². The molecule has 0 unspecified atom stereocenters. The molecule has 2 aromatic rings. The van der Waals surface area contributed by atoms with Crippen LogP contribution in [0.2, 0.25) is 5.02 Å². The second kappa shape index (κ2) is 8.12. The lowest BCUT2D eigenvalue weighted by atomic mass is 10.0. The summed E-state index contributed by atoms with van der Waals surface area (Å²) in [5.74, 6) is -1.30. The maximum atomic E-state index is 13.0. The summed E-state index contributed by atoms with van der Waals surface area (Å²) in [6.07, 6.45) is -1.03. The maximum absolute atomic E-state index is 13.0. The van der Waals surface area contributed by atoms with Gasteiger partial charge in [0.15, 0.2) is 6.10 Å². The van der Waals surface area contributed by atoms with Gasteiger partial charge in [0.1, 0.15) is 5.82 Å². The van der Waals surface area contributed by atoms with Crippen molar-refractivity contribution in [3.05, 3.63) is 64.4 Å². The average Bonchev–Trinajstić information content (AvgIpc) is 2.57. The molecule has 1 N–H and O–H groups in total. The number of carbonyl (C=O) groups is 2. The number of benzene rings is 2. The lowest BCUT2D eigenvalue weighted by Gasteiger charge is -2.14. The number of halogens is 2. The average molecular weight is 364 g/mol. The number of ether oxygens (including phenoxy) is 1. The Morgan fingerprint density at radius 3 is 2.28 bits per heavy atom. The van der Waals surface area contributed by atoms with Gasteiger partial charge in [-0.15, -0.1) is 0 Å². The molecule has 0 aliphatic heterocycles. The minimum absolute atomic E-state index is 0.0659. The van der Waals surface area contributed by atoms with Gasteiger partial charge in [0.05, 0.1) is 16.3 Å². The molecule has 0 spiro atoms. The lowest BCUT2D eigenvalue weighted by Crippen LogP contribution is -2.30. The first-order valence-electron chi connectivity index (χ1n) is 7.84. The Balaban J connectivity index is 1.99. The van der Waals surface area contributed by atoms with Gasteiger partial charge in [0.2, 0.25) is 0 Å². The van der Waals surface area contributed by atoms with Gasteiger partial charge in [-0.3, -0.25) is 4.79 Å². The maximum Gasteiger partial charge on any atom is 0.338 e. The summed E-state index contributed by atoms with van der Waals surface area (Å²) < 4.78 is 18.2. The SMILES string of the molecule is CC(C)c1ccc(C(=O)O[C@H](C)C(=O)Nc2ccc(F)cc2Cl)cc1. The van der Waals surface area contributed by atoms with Crippen molar-refractivity contribution < 1.29 is 18.7 Å². The molecule has 0 radical (unpaired) electrons. The van der Waals surface area contributed by atoms with Gasteiger partial charge >= 0.3 is 5.97 Å². The molecule has 4 nitrogen and oxygen atoms in total. The molecule has 0 saturated heterocycles. The van der Waals surface area contributed by atoms with E-state index >= 15 is 0 Å². The number of amides is 1. The van der Waals surface area contributed by atoms with Gasteiger partial charge in [-0.25, -0.2) is 9.18 Å². The first-order chi connectivity index (χ1) is 11.8. The fourth-order valence-electron chi connectivity index (χ4n) is 2.11. The normalized spacial score (nSPS) is 11.9. The van der Waals surface area contributed by atoms with Crippen LogP contribution in [-0.2, 0) is 9.53 Å². The number of nitrogens with one attached hydrogen (secondary N) is 1. The van der Waals surface area contributed by atoms with Crippen molar-refractivity contribution in [2.75, 3.05) is 5.32 Å². The Labute approximate surface area is 150 Å². The molecule has 132 valence electrons. The summed E-state index contributed by atoms with van der Waals surface area (Å²) in [6, 6.07) is 10.6. The summed E-state index contributed by atoms with van der Waals surface area (Å²) in [5.41, 5.74) is 1.72. The monoisotopic (exact) mass is 363 g/mol. The molecule has 1 atom stereocenters. The van der Waals surface area contributed by atoms with Gasteiger partial charge in [-0.2, -0.15) is 0 Å². The van der Waals surface area contributed by atoms with Crippen LogP contribution in [0, 0.1) is 5.82 Å². The highest BCUT2D eigenvalue weighted by molar-refractivity contribution is 6.33. The van der Waals surface area contributed by atoms with E-state index in [1.54, 1.807) is 12.1 Å². The third-order valence-electron chi connectivity index (χ3n) is 3.66. The number of anilines is 1. The summed E-state index contributed by atoms with van der Waals surface area (Å²) in [5, 5.41) is 2.57. The largest absolute Gasteiger partial charge is 0.449 e. The van der Waals surface area contributed by atoms with Gasteiger partial charge in [0.25, 0.3) is 5.91 Å². The third kappa shape index (κ3) is 5.03. The van der Waals surface area contributed by atoms with Crippen LogP contribution in [0.25, 0.3) is 0 Å². The molecule has 2 aromatic carbocycles. The van der Waals surface area contributed by atoms with Crippen LogP contribution in [0.5, 0.6) is 0 Å². The molecule has 0 aliphatic carbocycles. The van der Waals surface area contributed by atoms with Gasteiger partial charge in [-0.05, 0) is 48.7 Å². The number of esters is 1. The summed E-state index contributed by atoms with van der Waals surface area (Å²) in [4.78, 5) is 24.2. The second-order valence-electron chi connectivity index (χ2n) is 5.94. The molecule has 25 heavy (non-hydrogen) atoms. The summed E-state index contributed by atoms with van der Waals surface area (Å²) >= 11 is 5.86. The number of hydrogen-bond donors (Lipinski definition) is 1. The number of rotatable bonds is 5. The van der Waals surface area contributed by atoms with Crippen molar-refractivity contribution in [2.24, 2.45) is 0 Å². The molecule has 0 bridgehead atoms. The van der Waals surface area contributed by atoms with E-state index in [9.17, 15) is 14.0 Å². The van der Waals surface area contributed by atoms with E-state index in [-0.39, 0.29) is 10.7 Å². The van der Waals surface area contributed by atoms with Crippen LogP contribution < -0.4 is 5.32 Å². The Hall–Kier alpha value is -2.40. The van der Waals surface area contributed by atoms with Gasteiger partial charge < -0.3 is 10.1 Å². The molecule has 6 heteroatoms. The predicted molar refractivity (Wildman–Crippen MR) is 95.4 cm³/mol. The molecule has 0 fully saturated rings. The van der Waals surface area contributed by atoms with Crippen LogP contribution >= 0.6 is 11.6 Å². The van der Waals surface area contributed by atoms with Crippen molar-refractivity contribution in [3.8, 4) is 0 Å². The highest BCUT2D eigenvalue weighted by Crippen LogP contribution is 2.23. The Morgan fingerprint density at radius 1 is 1.08 bits per heavy atom. The van der Waals surface area contributed by atoms with Gasteiger partial charge in [-0.1, -0.05) is 37.6 Å². The fourth-order valence-corrected chi connectivity index (χ4v) is 2.33. The quantitative estimate of drug-likeness (QED) is 0.777. The van der Waals surface area contributed by atoms with Gasteiger partial charge in [0, 0.05) is 0 Å². The molecule has 0 aromatic heterocycles. The Bertz CT molecular complexity index is 775. The zero-order chi connectivity index (χ0) is 18.6. The molecule has 1 amide bonds. The van der Waals surface area contributed by atoms with Crippen molar-refractivity contribution in [2.45, 2.75) is 32.8 Å². The Kier molecular flexibility index (Phi) is 6.15. The molecular weight excluding hydrogens is 345 g/mol. The standard InChI is InChI=1S/C19H19ClFNO3/c1-11(2)13-4-6-14(7-5-13)19(24)25-12(3)18(23)22-17-9-8-15(21)10-16(17)20/h4-12H,1-3H3,(H,22,23)/t12-/m1/s1. The van der Waals surface area contributed by atoms with Crippen LogP contribution in [-0.4, -0.2) is 18.0 Å². The van der Waals surface area contributed by atoms with Crippen molar-refractivity contribution in [3.63, 3.8) is 0 Å². The third-order valence-corrected chi connectivity index (χ3v) is 3.97. The molecule has 0 aliphatic rings. The van der Waals surface area contributed by atoms with E-state index in [0.29, 0.717) is 11.5 Å². The second-order valence-corrected chi connectivity index (χ2v) is 6.34. The summed E-state index contributed by atoms with van der Waals surface area (Å²) in [7, 11) is 0. The number of carbonyl (C=O) groups excluding carboxylic acids is 2. The molecule has 2 rings (SSSR count). The van der Waals surface area contributed by atoms with Crippen LogP contribution in [0.1, 0.15) is 42.6 Å². The van der Waals surface area contributed by atoms with E-state index in [1.807, 2.05) is 12.1 Å². The van der Waals surface area contributed by atoms with E-state index in [1.165, 1.54) is 19.1 Å². The molecule has 0 saturated carbocycles. The predicted octanol–water partition coefficient (Wildman–Crippen LogP) is 4.79. The minimum atomic E-state index is -1.03.